The van der Waals surface area contributed by atoms with Gasteiger partial charge in [0.2, 0.25) is 0 Å². The summed E-state index contributed by atoms with van der Waals surface area (Å²) in [7, 11) is 0. The Kier molecular flexibility index (Phi) is 3.67. The Bertz CT molecular complexity index is 400. The lowest BCUT2D eigenvalue weighted by Gasteiger charge is -2.10. The number of benzene rings is 1. The zero-order valence-corrected chi connectivity index (χ0v) is 10.1. The second kappa shape index (κ2) is 5.21. The minimum Gasteiger partial charge on any atom is -0.493 e. The fourth-order valence-corrected chi connectivity index (χ4v) is 2.06. The van der Waals surface area contributed by atoms with Crippen LogP contribution in [-0.4, -0.2) is 17.7 Å². The molecule has 0 heterocycles. The van der Waals surface area contributed by atoms with Gasteiger partial charge in [-0.2, -0.15) is 0 Å². The number of carboxylic acids is 1. The van der Waals surface area contributed by atoms with Gasteiger partial charge >= 0.3 is 5.97 Å². The van der Waals surface area contributed by atoms with Crippen LogP contribution in [0.2, 0.25) is 0 Å². The SMILES string of the molecule is CCCCOc1ccccc1C1C[C@@H]1C(=O)O. The van der Waals surface area contributed by atoms with E-state index in [2.05, 4.69) is 6.92 Å². The van der Waals surface area contributed by atoms with Crippen LogP contribution in [0.15, 0.2) is 24.3 Å². The molecule has 1 aliphatic rings. The number of hydrogen-bond acceptors (Lipinski definition) is 2. The van der Waals surface area contributed by atoms with E-state index < -0.39 is 5.97 Å². The van der Waals surface area contributed by atoms with E-state index >= 15 is 0 Å². The Morgan fingerprint density at radius 3 is 2.88 bits per heavy atom. The molecule has 0 saturated heterocycles. The van der Waals surface area contributed by atoms with Gasteiger partial charge in [0.25, 0.3) is 0 Å². The van der Waals surface area contributed by atoms with Crippen molar-refractivity contribution in [3.8, 4) is 5.75 Å². The van der Waals surface area contributed by atoms with Gasteiger partial charge in [0.15, 0.2) is 0 Å². The Morgan fingerprint density at radius 1 is 1.47 bits per heavy atom. The van der Waals surface area contributed by atoms with E-state index in [1.54, 1.807) is 0 Å². The Labute approximate surface area is 101 Å². The second-order valence-electron chi connectivity index (χ2n) is 4.53. The normalized spacial score (nSPS) is 22.2. The molecule has 0 aromatic heterocycles. The fourth-order valence-electron chi connectivity index (χ4n) is 2.06. The number of carboxylic acid groups (broad SMARTS) is 1. The van der Waals surface area contributed by atoms with Crippen LogP contribution in [0.3, 0.4) is 0 Å². The van der Waals surface area contributed by atoms with Crippen molar-refractivity contribution in [2.75, 3.05) is 6.61 Å². The van der Waals surface area contributed by atoms with Crippen LogP contribution >= 0.6 is 0 Å². The summed E-state index contributed by atoms with van der Waals surface area (Å²) in [6, 6.07) is 7.79. The quantitative estimate of drug-likeness (QED) is 0.769. The summed E-state index contributed by atoms with van der Waals surface area (Å²) in [5, 5.41) is 8.95. The maximum absolute atomic E-state index is 10.9. The Morgan fingerprint density at radius 2 is 2.24 bits per heavy atom. The highest BCUT2D eigenvalue weighted by Gasteiger charge is 2.45. The molecule has 1 N–H and O–H groups in total. The van der Waals surface area contributed by atoms with Crippen molar-refractivity contribution in [3.63, 3.8) is 0 Å². The van der Waals surface area contributed by atoms with E-state index in [4.69, 9.17) is 9.84 Å². The molecular weight excluding hydrogens is 216 g/mol. The molecule has 2 rings (SSSR count). The molecule has 2 atom stereocenters. The summed E-state index contributed by atoms with van der Waals surface area (Å²) >= 11 is 0. The smallest absolute Gasteiger partial charge is 0.307 e. The summed E-state index contributed by atoms with van der Waals surface area (Å²) in [6.45, 7) is 2.83. The summed E-state index contributed by atoms with van der Waals surface area (Å²) in [4.78, 5) is 10.9. The highest BCUT2D eigenvalue weighted by molar-refractivity contribution is 5.75. The van der Waals surface area contributed by atoms with Crippen molar-refractivity contribution in [2.24, 2.45) is 5.92 Å². The predicted molar refractivity (Wildman–Crippen MR) is 65.3 cm³/mol. The van der Waals surface area contributed by atoms with Crippen LogP contribution in [0.1, 0.15) is 37.7 Å². The van der Waals surface area contributed by atoms with E-state index in [0.29, 0.717) is 6.61 Å². The summed E-state index contributed by atoms with van der Waals surface area (Å²) in [6.07, 6.45) is 2.87. The monoisotopic (exact) mass is 234 g/mol. The van der Waals surface area contributed by atoms with Crippen LogP contribution in [0, 0.1) is 5.92 Å². The molecule has 0 aliphatic heterocycles. The minimum atomic E-state index is -0.696. The predicted octanol–water partition coefficient (Wildman–Crippen LogP) is 3.05. The molecule has 1 aliphatic carbocycles. The lowest BCUT2D eigenvalue weighted by atomic mass is 10.1. The third-order valence-corrected chi connectivity index (χ3v) is 3.18. The second-order valence-corrected chi connectivity index (χ2v) is 4.53. The maximum Gasteiger partial charge on any atom is 0.307 e. The molecule has 1 aromatic rings. The number of carbonyl (C=O) groups is 1. The lowest BCUT2D eigenvalue weighted by molar-refractivity contribution is -0.138. The first-order valence-electron chi connectivity index (χ1n) is 6.18. The average Bonchev–Trinajstić information content (AvgIpc) is 3.10. The van der Waals surface area contributed by atoms with Crippen molar-refractivity contribution < 1.29 is 14.6 Å². The molecule has 0 amide bonds. The number of aliphatic carboxylic acids is 1. The number of rotatable bonds is 6. The highest BCUT2D eigenvalue weighted by Crippen LogP contribution is 2.50. The van der Waals surface area contributed by atoms with Gasteiger partial charge in [0.1, 0.15) is 5.75 Å². The van der Waals surface area contributed by atoms with Crippen LogP contribution < -0.4 is 4.74 Å². The molecular formula is C14H18O3. The highest BCUT2D eigenvalue weighted by atomic mass is 16.5. The molecule has 3 nitrogen and oxygen atoms in total. The summed E-state index contributed by atoms with van der Waals surface area (Å²) < 4.78 is 5.71. The standard InChI is InChI=1S/C14H18O3/c1-2-3-8-17-13-7-5-4-6-10(13)11-9-12(11)14(15)16/h4-7,11-12H,2-3,8-9H2,1H3,(H,15,16)/t11?,12-/m0/s1. The molecule has 1 fully saturated rings. The van der Waals surface area contributed by atoms with Crippen molar-refractivity contribution in [3.05, 3.63) is 29.8 Å². The molecule has 0 bridgehead atoms. The first kappa shape index (κ1) is 12.0. The van der Waals surface area contributed by atoms with Crippen LogP contribution in [0.25, 0.3) is 0 Å². The zero-order valence-electron chi connectivity index (χ0n) is 10.1. The van der Waals surface area contributed by atoms with Gasteiger partial charge in [-0.1, -0.05) is 31.5 Å². The molecule has 0 radical (unpaired) electrons. The van der Waals surface area contributed by atoms with Gasteiger partial charge < -0.3 is 9.84 Å². The molecule has 0 spiro atoms. The number of unbranched alkanes of at least 4 members (excludes halogenated alkanes) is 1. The fraction of sp³-hybridized carbons (Fsp3) is 0.500. The van der Waals surface area contributed by atoms with Gasteiger partial charge in [0, 0.05) is 5.92 Å². The number of para-hydroxylation sites is 1. The topological polar surface area (TPSA) is 46.5 Å². The molecule has 1 unspecified atom stereocenters. The average molecular weight is 234 g/mol. The van der Waals surface area contributed by atoms with Crippen LogP contribution in [-0.2, 0) is 4.79 Å². The lowest BCUT2D eigenvalue weighted by Crippen LogP contribution is -2.02. The van der Waals surface area contributed by atoms with E-state index in [1.807, 2.05) is 24.3 Å². The largest absolute Gasteiger partial charge is 0.493 e. The van der Waals surface area contributed by atoms with Crippen molar-refractivity contribution >= 4 is 5.97 Å². The zero-order chi connectivity index (χ0) is 12.3. The summed E-state index contributed by atoms with van der Waals surface area (Å²) in [5.41, 5.74) is 1.05. The summed E-state index contributed by atoms with van der Waals surface area (Å²) in [5.74, 6) is 0.0873. The van der Waals surface area contributed by atoms with Gasteiger partial charge in [-0.25, -0.2) is 0 Å². The van der Waals surface area contributed by atoms with Crippen LogP contribution in [0.4, 0.5) is 0 Å². The molecule has 17 heavy (non-hydrogen) atoms. The Hall–Kier alpha value is -1.51. The van der Waals surface area contributed by atoms with Gasteiger partial charge in [-0.3, -0.25) is 4.79 Å². The van der Waals surface area contributed by atoms with E-state index in [-0.39, 0.29) is 11.8 Å². The molecule has 3 heteroatoms. The van der Waals surface area contributed by atoms with Gasteiger partial charge in [-0.15, -0.1) is 0 Å². The number of hydrogen-bond donors (Lipinski definition) is 1. The van der Waals surface area contributed by atoms with E-state index in [9.17, 15) is 4.79 Å². The van der Waals surface area contributed by atoms with E-state index in [0.717, 1.165) is 30.6 Å². The first-order valence-corrected chi connectivity index (χ1v) is 6.18. The molecule has 92 valence electrons. The molecule has 1 saturated carbocycles. The molecule has 1 aromatic carbocycles. The third-order valence-electron chi connectivity index (χ3n) is 3.18. The van der Waals surface area contributed by atoms with Crippen molar-refractivity contribution in [1.82, 2.24) is 0 Å². The minimum absolute atomic E-state index is 0.144. The van der Waals surface area contributed by atoms with Gasteiger partial charge in [0.05, 0.1) is 12.5 Å². The first-order chi connectivity index (χ1) is 8.24. The Balaban J connectivity index is 2.04. The maximum atomic E-state index is 10.9. The van der Waals surface area contributed by atoms with Crippen molar-refractivity contribution in [2.45, 2.75) is 32.1 Å². The van der Waals surface area contributed by atoms with E-state index in [1.165, 1.54) is 0 Å². The van der Waals surface area contributed by atoms with Crippen molar-refractivity contribution in [1.29, 1.82) is 0 Å². The third kappa shape index (κ3) is 2.78. The van der Waals surface area contributed by atoms with Crippen LogP contribution in [0.5, 0.6) is 5.75 Å². The number of ether oxygens (including phenoxy) is 1. The van der Waals surface area contributed by atoms with Gasteiger partial charge in [-0.05, 0) is 24.5 Å².